The Bertz CT molecular complexity index is 1460. The molecule has 2 fully saturated rings. The van der Waals surface area contributed by atoms with Gasteiger partial charge in [-0.05, 0) is 36.8 Å². The molecule has 3 aliphatic rings. The molecule has 37 heavy (non-hydrogen) atoms. The summed E-state index contributed by atoms with van der Waals surface area (Å²) in [5, 5.41) is 0. The van der Waals surface area contributed by atoms with Crippen molar-refractivity contribution in [1.29, 1.82) is 0 Å². The first-order chi connectivity index (χ1) is 17.8. The second kappa shape index (κ2) is 8.11. The minimum Gasteiger partial charge on any atom is -0.493 e. The molecule has 2 saturated heterocycles. The fourth-order valence-corrected chi connectivity index (χ4v) is 5.80. The number of hydrogen-bond donors (Lipinski definition) is 0. The van der Waals surface area contributed by atoms with Gasteiger partial charge in [0.2, 0.25) is 29.0 Å². The van der Waals surface area contributed by atoms with E-state index in [4.69, 9.17) is 14.2 Å². The van der Waals surface area contributed by atoms with Crippen molar-refractivity contribution in [2.75, 3.05) is 19.1 Å². The molecular formula is C29H23NO7. The van der Waals surface area contributed by atoms with Crippen LogP contribution in [0.3, 0.4) is 0 Å². The van der Waals surface area contributed by atoms with E-state index >= 15 is 0 Å². The average Bonchev–Trinajstić information content (AvgIpc) is 3.49. The predicted octanol–water partition coefficient (Wildman–Crippen LogP) is 3.71. The number of methoxy groups -OCH3 is 2. The number of anilines is 1. The summed E-state index contributed by atoms with van der Waals surface area (Å²) in [7, 11) is 2.98. The zero-order chi connectivity index (χ0) is 26.1. The third-order valence-electron chi connectivity index (χ3n) is 7.55. The number of imide groups is 1. The lowest BCUT2D eigenvalue weighted by Crippen LogP contribution is -2.51. The molecule has 2 heterocycles. The van der Waals surface area contributed by atoms with E-state index in [1.54, 1.807) is 66.7 Å². The fraction of sp³-hybridized carbons (Fsp3) is 0.241. The van der Waals surface area contributed by atoms with Crippen LogP contribution in [-0.4, -0.2) is 43.2 Å². The molecule has 8 nitrogen and oxygen atoms in total. The highest BCUT2D eigenvalue weighted by molar-refractivity contribution is 6.37. The number of aryl methyl sites for hydroxylation is 1. The zero-order valence-corrected chi connectivity index (χ0v) is 20.4. The first-order valence-corrected chi connectivity index (χ1v) is 11.9. The molecule has 0 bridgehead atoms. The van der Waals surface area contributed by atoms with Crippen molar-refractivity contribution in [3.8, 4) is 11.5 Å². The highest BCUT2D eigenvalue weighted by atomic mass is 16.5. The third-order valence-corrected chi connectivity index (χ3v) is 7.55. The number of carbonyl (C=O) groups is 4. The minimum atomic E-state index is -2.13. The number of ether oxygens (including phenoxy) is 3. The van der Waals surface area contributed by atoms with Crippen LogP contribution in [0, 0.1) is 18.8 Å². The summed E-state index contributed by atoms with van der Waals surface area (Å²) in [6.07, 6.45) is -1.04. The Morgan fingerprint density at radius 2 is 1.41 bits per heavy atom. The molecule has 3 aromatic rings. The van der Waals surface area contributed by atoms with Crippen molar-refractivity contribution in [2.24, 2.45) is 11.8 Å². The number of Topliss-reactive ketones (excluding diaryl/α,β-unsaturated/α-hetero) is 2. The molecular weight excluding hydrogens is 474 g/mol. The molecule has 186 valence electrons. The van der Waals surface area contributed by atoms with Gasteiger partial charge in [-0.1, -0.05) is 48.0 Å². The van der Waals surface area contributed by atoms with Crippen LogP contribution in [-0.2, 0) is 14.3 Å². The van der Waals surface area contributed by atoms with Crippen molar-refractivity contribution >= 4 is 29.1 Å². The van der Waals surface area contributed by atoms with Crippen LogP contribution in [0.2, 0.25) is 0 Å². The van der Waals surface area contributed by atoms with Gasteiger partial charge in [0.15, 0.2) is 11.5 Å². The lowest BCUT2D eigenvalue weighted by molar-refractivity contribution is -0.127. The maximum Gasteiger partial charge on any atom is 0.241 e. The van der Waals surface area contributed by atoms with Gasteiger partial charge in [0.25, 0.3) is 0 Å². The Morgan fingerprint density at radius 1 is 0.784 bits per heavy atom. The van der Waals surface area contributed by atoms with Crippen molar-refractivity contribution in [3.63, 3.8) is 0 Å². The molecule has 3 aromatic carbocycles. The number of nitrogens with zero attached hydrogens (tertiary/aromatic N) is 1. The van der Waals surface area contributed by atoms with E-state index in [0.717, 1.165) is 10.5 Å². The fourth-order valence-electron chi connectivity index (χ4n) is 5.80. The molecule has 0 unspecified atom stereocenters. The Morgan fingerprint density at radius 3 is 2.00 bits per heavy atom. The van der Waals surface area contributed by atoms with Gasteiger partial charge in [0.05, 0.1) is 37.8 Å². The average molecular weight is 498 g/mol. The van der Waals surface area contributed by atoms with Gasteiger partial charge in [-0.2, -0.15) is 0 Å². The largest absolute Gasteiger partial charge is 0.493 e. The lowest BCUT2D eigenvalue weighted by atomic mass is 9.77. The topological polar surface area (TPSA) is 99.2 Å². The van der Waals surface area contributed by atoms with Crippen LogP contribution in [0.1, 0.15) is 37.9 Å². The van der Waals surface area contributed by atoms with Crippen molar-refractivity contribution < 1.29 is 33.4 Å². The smallest absolute Gasteiger partial charge is 0.241 e. The van der Waals surface area contributed by atoms with E-state index in [-0.39, 0.29) is 11.1 Å². The summed E-state index contributed by atoms with van der Waals surface area (Å²) < 4.78 is 17.1. The molecule has 0 radical (unpaired) electrons. The molecule has 0 aromatic heterocycles. The lowest BCUT2D eigenvalue weighted by Gasteiger charge is -2.27. The minimum absolute atomic E-state index is 0.188. The Balaban J connectivity index is 1.54. The van der Waals surface area contributed by atoms with Crippen LogP contribution in [0.4, 0.5) is 5.69 Å². The summed E-state index contributed by atoms with van der Waals surface area (Å²) in [6.45, 7) is 1.90. The Kier molecular flexibility index (Phi) is 5.07. The second-order valence-electron chi connectivity index (χ2n) is 9.44. The first-order valence-electron chi connectivity index (χ1n) is 11.9. The molecule has 1 aliphatic carbocycles. The maximum absolute atomic E-state index is 14.0. The van der Waals surface area contributed by atoms with Gasteiger partial charge >= 0.3 is 0 Å². The first kappa shape index (κ1) is 23.1. The van der Waals surface area contributed by atoms with Crippen molar-refractivity contribution in [2.45, 2.75) is 18.6 Å². The van der Waals surface area contributed by atoms with Gasteiger partial charge in [-0.15, -0.1) is 0 Å². The summed E-state index contributed by atoms with van der Waals surface area (Å²) in [5.74, 6) is -3.90. The van der Waals surface area contributed by atoms with Gasteiger partial charge < -0.3 is 14.2 Å². The highest BCUT2D eigenvalue weighted by Gasteiger charge is 2.74. The SMILES string of the molecule is COc1ccc([C@@H]2OC3(C(=O)c4ccccc4C3=O)[C@@H]3C(=O)N(c4ccc(C)cc4)C(=O)[C@H]32)cc1OC. The van der Waals surface area contributed by atoms with Crippen LogP contribution in [0.15, 0.2) is 66.7 Å². The number of amides is 2. The summed E-state index contributed by atoms with van der Waals surface area (Å²) in [4.78, 5) is 56.6. The van der Waals surface area contributed by atoms with Crippen LogP contribution in [0.5, 0.6) is 11.5 Å². The highest BCUT2D eigenvalue weighted by Crippen LogP contribution is 2.58. The van der Waals surface area contributed by atoms with E-state index in [2.05, 4.69) is 0 Å². The zero-order valence-electron chi connectivity index (χ0n) is 20.4. The van der Waals surface area contributed by atoms with Gasteiger partial charge in [-0.25, -0.2) is 4.90 Å². The number of ketones is 2. The quantitative estimate of drug-likeness (QED) is 0.400. The van der Waals surface area contributed by atoms with Crippen molar-refractivity contribution in [3.05, 3.63) is 89.0 Å². The van der Waals surface area contributed by atoms with Gasteiger partial charge in [-0.3, -0.25) is 19.2 Å². The molecule has 2 aliphatic heterocycles. The molecule has 6 rings (SSSR count). The number of hydrogen-bond acceptors (Lipinski definition) is 7. The summed E-state index contributed by atoms with van der Waals surface area (Å²) in [5.41, 5.74) is 0.0852. The van der Waals surface area contributed by atoms with E-state index in [0.29, 0.717) is 22.7 Å². The van der Waals surface area contributed by atoms with Crippen molar-refractivity contribution in [1.82, 2.24) is 0 Å². The molecule has 0 saturated carbocycles. The number of carbonyl (C=O) groups excluding carboxylic acids is 4. The summed E-state index contributed by atoms with van der Waals surface area (Å²) in [6, 6.07) is 18.3. The number of fused-ring (bicyclic) bond motifs is 3. The van der Waals surface area contributed by atoms with E-state index < -0.39 is 46.9 Å². The second-order valence-corrected chi connectivity index (χ2v) is 9.44. The number of benzene rings is 3. The Hall–Kier alpha value is -4.30. The monoisotopic (exact) mass is 497 g/mol. The van der Waals surface area contributed by atoms with E-state index in [1.807, 2.05) is 6.92 Å². The molecule has 0 N–H and O–H groups in total. The van der Waals surface area contributed by atoms with Gasteiger partial charge in [0, 0.05) is 11.1 Å². The van der Waals surface area contributed by atoms with Crippen LogP contribution < -0.4 is 14.4 Å². The summed E-state index contributed by atoms with van der Waals surface area (Å²) >= 11 is 0. The number of rotatable bonds is 4. The molecule has 3 atom stereocenters. The molecule has 2 amide bonds. The Labute approximate surface area is 212 Å². The van der Waals surface area contributed by atoms with Gasteiger partial charge in [0.1, 0.15) is 0 Å². The van der Waals surface area contributed by atoms with Crippen LogP contribution in [0.25, 0.3) is 0 Å². The van der Waals surface area contributed by atoms with E-state index in [9.17, 15) is 19.2 Å². The van der Waals surface area contributed by atoms with Crippen LogP contribution >= 0.6 is 0 Å². The predicted molar refractivity (Wildman–Crippen MR) is 132 cm³/mol. The molecule has 1 spiro atoms. The normalized spacial score (nSPS) is 23.5. The third kappa shape index (κ3) is 2.99. The molecule has 8 heteroatoms. The standard InChI is InChI=1S/C29H23NO7/c1-15-8-11-17(12-9-15)30-27(33)22-23(28(30)34)29(25(31)18-6-4-5-7-19(18)26(29)32)37-24(22)16-10-13-20(35-2)21(14-16)36-3/h4-14,22-24H,1-3H3/t22-,23+,24+/m1/s1. The van der Waals surface area contributed by atoms with E-state index in [1.165, 1.54) is 14.2 Å². The maximum atomic E-state index is 14.0.